The summed E-state index contributed by atoms with van der Waals surface area (Å²) in [5, 5.41) is 9.02. The zero-order chi connectivity index (χ0) is 17.9. The molecule has 0 saturated carbocycles. The van der Waals surface area contributed by atoms with Crippen molar-refractivity contribution in [3.8, 4) is 0 Å². The van der Waals surface area contributed by atoms with Crippen LogP contribution in [0, 0.1) is 12.8 Å². The lowest BCUT2D eigenvalue weighted by atomic mass is 9.99. The van der Waals surface area contributed by atoms with Crippen LogP contribution in [0.1, 0.15) is 35.7 Å². The van der Waals surface area contributed by atoms with Crippen LogP contribution >= 0.6 is 0 Å². The molecule has 0 aromatic heterocycles. The molecule has 1 N–H and O–H groups in total. The monoisotopic (exact) mass is 355 g/mol. The van der Waals surface area contributed by atoms with E-state index in [9.17, 15) is 18.0 Å². The molecule has 1 fully saturated rings. The van der Waals surface area contributed by atoms with E-state index in [1.54, 1.807) is 19.9 Å². The first-order valence-electron chi connectivity index (χ1n) is 7.78. The standard InChI is InChI=1S/C16H21NO6S/c1-3-23-16(20)13-5-4-11(2)14(10-13)24(21,22)17-8-6-12(7-9-17)15(18)19/h4-5,10,12H,3,6-9H2,1-2H3,(H,18,19). The number of carbonyl (C=O) groups excluding carboxylic acids is 1. The summed E-state index contributed by atoms with van der Waals surface area (Å²) < 4.78 is 31.9. The van der Waals surface area contributed by atoms with Gasteiger partial charge in [-0.3, -0.25) is 4.79 Å². The van der Waals surface area contributed by atoms with Gasteiger partial charge in [-0.05, 0) is 44.4 Å². The molecule has 132 valence electrons. The van der Waals surface area contributed by atoms with Gasteiger partial charge in [0.05, 0.1) is 23.0 Å². The number of aliphatic carboxylic acids is 1. The minimum Gasteiger partial charge on any atom is -0.481 e. The number of carbonyl (C=O) groups is 2. The molecule has 0 spiro atoms. The van der Waals surface area contributed by atoms with Crippen molar-refractivity contribution in [3.63, 3.8) is 0 Å². The molecular formula is C16H21NO6S. The van der Waals surface area contributed by atoms with Crippen molar-refractivity contribution in [2.75, 3.05) is 19.7 Å². The summed E-state index contributed by atoms with van der Waals surface area (Å²) >= 11 is 0. The molecule has 0 unspecified atom stereocenters. The minimum atomic E-state index is -3.78. The molecule has 1 aromatic rings. The van der Waals surface area contributed by atoms with Gasteiger partial charge in [0.1, 0.15) is 0 Å². The van der Waals surface area contributed by atoms with Gasteiger partial charge in [-0.1, -0.05) is 6.07 Å². The Morgan fingerprint density at radius 1 is 1.29 bits per heavy atom. The lowest BCUT2D eigenvalue weighted by Crippen LogP contribution is -2.40. The number of hydrogen-bond donors (Lipinski definition) is 1. The fraction of sp³-hybridized carbons (Fsp3) is 0.500. The smallest absolute Gasteiger partial charge is 0.338 e. The van der Waals surface area contributed by atoms with Crippen LogP contribution in [0.3, 0.4) is 0 Å². The summed E-state index contributed by atoms with van der Waals surface area (Å²) in [6, 6.07) is 4.43. The van der Waals surface area contributed by atoms with Gasteiger partial charge >= 0.3 is 11.9 Å². The van der Waals surface area contributed by atoms with Gasteiger partial charge in [0.25, 0.3) is 0 Å². The first-order valence-corrected chi connectivity index (χ1v) is 9.22. The molecule has 0 amide bonds. The van der Waals surface area contributed by atoms with Gasteiger partial charge in [0, 0.05) is 13.1 Å². The Balaban J connectivity index is 2.28. The average molecular weight is 355 g/mol. The average Bonchev–Trinajstić information content (AvgIpc) is 2.55. The minimum absolute atomic E-state index is 0.0572. The van der Waals surface area contributed by atoms with Gasteiger partial charge in [-0.25, -0.2) is 13.2 Å². The van der Waals surface area contributed by atoms with Crippen molar-refractivity contribution in [1.82, 2.24) is 4.31 Å². The lowest BCUT2D eigenvalue weighted by Gasteiger charge is -2.29. The van der Waals surface area contributed by atoms with E-state index in [1.807, 2.05) is 0 Å². The quantitative estimate of drug-likeness (QED) is 0.806. The van der Waals surface area contributed by atoms with Crippen LogP contribution in [0.2, 0.25) is 0 Å². The van der Waals surface area contributed by atoms with Crippen LogP contribution in [0.15, 0.2) is 23.1 Å². The molecule has 7 nitrogen and oxygen atoms in total. The van der Waals surface area contributed by atoms with Crippen LogP contribution in [0.5, 0.6) is 0 Å². The summed E-state index contributed by atoms with van der Waals surface area (Å²) in [5.41, 5.74) is 0.713. The van der Waals surface area contributed by atoms with Crippen molar-refractivity contribution in [1.29, 1.82) is 0 Å². The number of aryl methyl sites for hydroxylation is 1. The van der Waals surface area contributed by atoms with Gasteiger partial charge in [0.2, 0.25) is 10.0 Å². The number of benzene rings is 1. The predicted molar refractivity (Wildman–Crippen MR) is 86.3 cm³/mol. The number of esters is 1. The third kappa shape index (κ3) is 3.76. The second-order valence-corrected chi connectivity index (χ2v) is 7.62. The van der Waals surface area contributed by atoms with Crippen LogP contribution in [-0.4, -0.2) is 49.5 Å². The number of hydrogen-bond acceptors (Lipinski definition) is 5. The van der Waals surface area contributed by atoms with Gasteiger partial charge in [0.15, 0.2) is 0 Å². The molecular weight excluding hydrogens is 334 g/mol. The first-order chi connectivity index (χ1) is 11.3. The Labute approximate surface area is 141 Å². The summed E-state index contributed by atoms with van der Waals surface area (Å²) in [4.78, 5) is 22.9. The lowest BCUT2D eigenvalue weighted by molar-refractivity contribution is -0.142. The molecule has 0 radical (unpaired) electrons. The number of nitrogens with zero attached hydrogens (tertiary/aromatic N) is 1. The molecule has 1 heterocycles. The van der Waals surface area contributed by atoms with Crippen molar-refractivity contribution >= 4 is 22.0 Å². The second-order valence-electron chi connectivity index (χ2n) is 5.72. The van der Waals surface area contributed by atoms with E-state index in [0.29, 0.717) is 5.56 Å². The van der Waals surface area contributed by atoms with E-state index in [0.717, 1.165) is 0 Å². The zero-order valence-corrected chi connectivity index (χ0v) is 14.5. The predicted octanol–water partition coefficient (Wildman–Crippen LogP) is 1.66. The Morgan fingerprint density at radius 2 is 1.92 bits per heavy atom. The topological polar surface area (TPSA) is 101 Å². The highest BCUT2D eigenvalue weighted by molar-refractivity contribution is 7.89. The summed E-state index contributed by atoms with van der Waals surface area (Å²) in [6.45, 7) is 3.85. The number of sulfonamides is 1. The maximum Gasteiger partial charge on any atom is 0.338 e. The highest BCUT2D eigenvalue weighted by atomic mass is 32.2. The molecule has 8 heteroatoms. The third-order valence-electron chi connectivity index (χ3n) is 4.12. The van der Waals surface area contributed by atoms with E-state index in [-0.39, 0.29) is 43.0 Å². The van der Waals surface area contributed by atoms with Gasteiger partial charge in [-0.15, -0.1) is 0 Å². The van der Waals surface area contributed by atoms with E-state index in [1.165, 1.54) is 16.4 Å². The van der Waals surface area contributed by atoms with E-state index >= 15 is 0 Å². The molecule has 0 atom stereocenters. The number of piperidine rings is 1. The van der Waals surface area contributed by atoms with Crippen LogP contribution in [0.25, 0.3) is 0 Å². The summed E-state index contributed by atoms with van der Waals surface area (Å²) in [6.07, 6.45) is 0.566. The van der Waals surface area contributed by atoms with E-state index in [4.69, 9.17) is 9.84 Å². The highest BCUT2D eigenvalue weighted by Gasteiger charge is 2.33. The summed E-state index contributed by atoms with van der Waals surface area (Å²) in [5.74, 6) is -1.98. The van der Waals surface area contributed by atoms with Gasteiger partial charge < -0.3 is 9.84 Å². The number of carboxylic acid groups (broad SMARTS) is 1. The van der Waals surface area contributed by atoms with E-state index in [2.05, 4.69) is 0 Å². The number of rotatable bonds is 5. The van der Waals surface area contributed by atoms with Crippen LogP contribution in [-0.2, 0) is 19.6 Å². The Bertz CT molecular complexity index is 735. The molecule has 0 bridgehead atoms. The fourth-order valence-corrected chi connectivity index (χ4v) is 4.42. The normalized spacial score (nSPS) is 16.8. The van der Waals surface area contributed by atoms with E-state index < -0.39 is 27.9 Å². The number of ether oxygens (including phenoxy) is 1. The van der Waals surface area contributed by atoms with Crippen molar-refractivity contribution in [2.45, 2.75) is 31.6 Å². The highest BCUT2D eigenvalue weighted by Crippen LogP contribution is 2.26. The molecule has 1 saturated heterocycles. The van der Waals surface area contributed by atoms with Crippen molar-refractivity contribution in [2.24, 2.45) is 5.92 Å². The second kappa shape index (κ2) is 7.31. The van der Waals surface area contributed by atoms with Crippen LogP contribution in [0.4, 0.5) is 0 Å². The van der Waals surface area contributed by atoms with Crippen LogP contribution < -0.4 is 0 Å². The maximum atomic E-state index is 12.8. The SMILES string of the molecule is CCOC(=O)c1ccc(C)c(S(=O)(=O)N2CCC(C(=O)O)CC2)c1. The molecule has 0 aliphatic carbocycles. The first kappa shape index (κ1) is 18.4. The van der Waals surface area contributed by atoms with Crippen molar-refractivity contribution in [3.05, 3.63) is 29.3 Å². The Morgan fingerprint density at radius 3 is 2.46 bits per heavy atom. The Kier molecular flexibility index (Phi) is 5.61. The molecule has 1 aromatic carbocycles. The molecule has 2 rings (SSSR count). The number of carboxylic acids is 1. The molecule has 24 heavy (non-hydrogen) atoms. The largest absolute Gasteiger partial charge is 0.481 e. The maximum absolute atomic E-state index is 12.8. The fourth-order valence-electron chi connectivity index (χ4n) is 2.70. The zero-order valence-electron chi connectivity index (χ0n) is 13.7. The third-order valence-corrected chi connectivity index (χ3v) is 6.16. The molecule has 1 aliphatic heterocycles. The van der Waals surface area contributed by atoms with Crippen molar-refractivity contribution < 1.29 is 27.9 Å². The molecule has 1 aliphatic rings. The summed E-state index contributed by atoms with van der Waals surface area (Å²) in [7, 11) is -3.78. The van der Waals surface area contributed by atoms with Gasteiger partial charge in [-0.2, -0.15) is 4.31 Å². The Hall–Kier alpha value is -1.93.